The Labute approximate surface area is 106 Å². The molecule has 1 saturated heterocycles. The Morgan fingerprint density at radius 1 is 1.53 bits per heavy atom. The molecule has 0 radical (unpaired) electrons. The first-order valence-electron chi connectivity index (χ1n) is 5.85. The second-order valence-electron chi connectivity index (χ2n) is 4.15. The minimum atomic E-state index is 0.368. The molecule has 0 bridgehead atoms. The zero-order valence-corrected chi connectivity index (χ0v) is 10.3. The maximum absolute atomic E-state index is 8.96. The Balaban J connectivity index is 1.89. The lowest BCUT2D eigenvalue weighted by Gasteiger charge is -2.12. The minimum Gasteiger partial charge on any atom is -0.384 e. The van der Waals surface area contributed by atoms with E-state index < -0.39 is 0 Å². The molecule has 1 heterocycles. The number of hydrogen-bond donors (Lipinski definition) is 1. The summed E-state index contributed by atoms with van der Waals surface area (Å²) in [6, 6.07) is 7.40. The molecule has 1 aromatic rings. The SMILES string of the molecule is N#Cc1ccc(Cl)cc1NCCC1CCCO1. The van der Waals surface area contributed by atoms with Crippen LogP contribution in [-0.4, -0.2) is 19.3 Å². The van der Waals surface area contributed by atoms with Crippen LogP contribution in [0, 0.1) is 11.3 Å². The summed E-state index contributed by atoms with van der Waals surface area (Å²) in [5, 5.41) is 12.8. The second kappa shape index (κ2) is 5.90. The molecule has 3 nitrogen and oxygen atoms in total. The molecule has 1 aliphatic heterocycles. The second-order valence-corrected chi connectivity index (χ2v) is 4.59. The highest BCUT2D eigenvalue weighted by Crippen LogP contribution is 2.21. The molecule has 1 unspecified atom stereocenters. The van der Waals surface area contributed by atoms with Crippen LogP contribution in [0.25, 0.3) is 0 Å². The van der Waals surface area contributed by atoms with Gasteiger partial charge in [0.05, 0.1) is 17.4 Å². The van der Waals surface area contributed by atoms with Gasteiger partial charge in [-0.1, -0.05) is 11.6 Å². The quantitative estimate of drug-likeness (QED) is 0.893. The molecule has 1 N–H and O–H groups in total. The van der Waals surface area contributed by atoms with Gasteiger partial charge in [-0.25, -0.2) is 0 Å². The fraction of sp³-hybridized carbons (Fsp3) is 0.462. The fourth-order valence-corrected chi connectivity index (χ4v) is 2.17. The van der Waals surface area contributed by atoms with Gasteiger partial charge in [0.15, 0.2) is 0 Å². The van der Waals surface area contributed by atoms with Crippen molar-refractivity contribution in [2.75, 3.05) is 18.5 Å². The van der Waals surface area contributed by atoms with Crippen LogP contribution < -0.4 is 5.32 Å². The van der Waals surface area contributed by atoms with E-state index in [1.54, 1.807) is 18.2 Å². The van der Waals surface area contributed by atoms with Crippen LogP contribution >= 0.6 is 11.6 Å². The highest BCUT2D eigenvalue weighted by Gasteiger charge is 2.14. The number of nitriles is 1. The molecule has 1 atom stereocenters. The highest BCUT2D eigenvalue weighted by molar-refractivity contribution is 6.30. The number of nitrogens with one attached hydrogen (secondary N) is 1. The number of benzene rings is 1. The van der Waals surface area contributed by atoms with Gasteiger partial charge in [0.2, 0.25) is 0 Å². The summed E-state index contributed by atoms with van der Waals surface area (Å²) in [6.07, 6.45) is 3.64. The first kappa shape index (κ1) is 12.2. The first-order valence-corrected chi connectivity index (χ1v) is 6.22. The lowest BCUT2D eigenvalue weighted by atomic mass is 10.1. The highest BCUT2D eigenvalue weighted by atomic mass is 35.5. The third kappa shape index (κ3) is 3.36. The number of anilines is 1. The van der Waals surface area contributed by atoms with Gasteiger partial charge in [-0.3, -0.25) is 0 Å². The van der Waals surface area contributed by atoms with E-state index in [2.05, 4.69) is 11.4 Å². The molecule has 0 aliphatic carbocycles. The monoisotopic (exact) mass is 250 g/mol. The lowest BCUT2D eigenvalue weighted by Crippen LogP contribution is -2.12. The van der Waals surface area contributed by atoms with Gasteiger partial charge in [-0.2, -0.15) is 5.26 Å². The van der Waals surface area contributed by atoms with Gasteiger partial charge in [-0.05, 0) is 37.5 Å². The molecular weight excluding hydrogens is 236 g/mol. The van der Waals surface area contributed by atoms with Crippen molar-refractivity contribution in [1.29, 1.82) is 5.26 Å². The summed E-state index contributed by atoms with van der Waals surface area (Å²) in [7, 11) is 0. The summed E-state index contributed by atoms with van der Waals surface area (Å²) < 4.78 is 5.54. The standard InChI is InChI=1S/C13H15ClN2O/c14-11-4-3-10(9-15)13(8-11)16-6-5-12-2-1-7-17-12/h3-4,8,12,16H,1-2,5-7H2. The number of nitrogens with zero attached hydrogens (tertiary/aromatic N) is 1. The van der Waals surface area contributed by atoms with Gasteiger partial charge < -0.3 is 10.1 Å². The van der Waals surface area contributed by atoms with Crippen LogP contribution in [-0.2, 0) is 4.74 Å². The molecule has 0 spiro atoms. The van der Waals surface area contributed by atoms with Crippen molar-refractivity contribution in [2.45, 2.75) is 25.4 Å². The zero-order valence-electron chi connectivity index (χ0n) is 9.58. The molecule has 1 aromatic carbocycles. The molecular formula is C13H15ClN2O. The van der Waals surface area contributed by atoms with Crippen LogP contribution in [0.5, 0.6) is 0 Å². The average Bonchev–Trinajstić information content (AvgIpc) is 2.82. The summed E-state index contributed by atoms with van der Waals surface area (Å²) in [5.41, 5.74) is 1.43. The van der Waals surface area contributed by atoms with Crippen LogP contribution in [0.4, 0.5) is 5.69 Å². The van der Waals surface area contributed by atoms with Gasteiger partial charge in [0, 0.05) is 18.2 Å². The number of rotatable bonds is 4. The summed E-state index contributed by atoms with van der Waals surface area (Å²) >= 11 is 5.91. The van der Waals surface area contributed by atoms with Crippen molar-refractivity contribution >= 4 is 17.3 Å². The van der Waals surface area contributed by atoms with Crippen molar-refractivity contribution in [2.24, 2.45) is 0 Å². The molecule has 90 valence electrons. The van der Waals surface area contributed by atoms with Crippen molar-refractivity contribution in [3.8, 4) is 6.07 Å². The van der Waals surface area contributed by atoms with Gasteiger partial charge in [0.1, 0.15) is 6.07 Å². The summed E-state index contributed by atoms with van der Waals surface area (Å²) in [6.45, 7) is 1.69. The summed E-state index contributed by atoms with van der Waals surface area (Å²) in [5.74, 6) is 0. The maximum Gasteiger partial charge on any atom is 0.101 e. The smallest absolute Gasteiger partial charge is 0.101 e. The summed E-state index contributed by atoms with van der Waals surface area (Å²) in [4.78, 5) is 0. The van der Waals surface area contributed by atoms with Crippen molar-refractivity contribution < 1.29 is 4.74 Å². The number of halogens is 1. The Morgan fingerprint density at radius 3 is 3.12 bits per heavy atom. The zero-order chi connectivity index (χ0) is 12.1. The van der Waals surface area contributed by atoms with Crippen LogP contribution in [0.15, 0.2) is 18.2 Å². The van der Waals surface area contributed by atoms with Crippen molar-refractivity contribution in [1.82, 2.24) is 0 Å². The maximum atomic E-state index is 8.96. The number of hydrogen-bond acceptors (Lipinski definition) is 3. The largest absolute Gasteiger partial charge is 0.384 e. The van der Waals surface area contributed by atoms with Gasteiger partial charge in [-0.15, -0.1) is 0 Å². The van der Waals surface area contributed by atoms with Gasteiger partial charge in [0.25, 0.3) is 0 Å². The molecule has 0 saturated carbocycles. The Hall–Kier alpha value is -1.24. The topological polar surface area (TPSA) is 45.0 Å². The minimum absolute atomic E-state index is 0.368. The van der Waals surface area contributed by atoms with Crippen LogP contribution in [0.2, 0.25) is 5.02 Å². The van der Waals surface area contributed by atoms with E-state index in [0.29, 0.717) is 16.7 Å². The molecule has 2 rings (SSSR count). The number of ether oxygens (including phenoxy) is 1. The molecule has 4 heteroatoms. The van der Waals surface area contributed by atoms with E-state index >= 15 is 0 Å². The third-order valence-electron chi connectivity index (χ3n) is 2.91. The predicted octanol–water partition coefficient (Wildman–Crippen LogP) is 3.19. The van der Waals surface area contributed by atoms with Gasteiger partial charge >= 0.3 is 0 Å². The van der Waals surface area contributed by atoms with Crippen molar-refractivity contribution in [3.05, 3.63) is 28.8 Å². The Kier molecular flexibility index (Phi) is 4.24. The van der Waals surface area contributed by atoms with Crippen LogP contribution in [0.1, 0.15) is 24.8 Å². The Bertz CT molecular complexity index is 422. The van der Waals surface area contributed by atoms with E-state index in [-0.39, 0.29) is 0 Å². The van der Waals surface area contributed by atoms with E-state index in [4.69, 9.17) is 21.6 Å². The molecule has 1 aliphatic rings. The average molecular weight is 251 g/mol. The van der Waals surface area contributed by atoms with E-state index in [1.807, 2.05) is 0 Å². The predicted molar refractivity (Wildman–Crippen MR) is 68.2 cm³/mol. The molecule has 17 heavy (non-hydrogen) atoms. The fourth-order valence-electron chi connectivity index (χ4n) is 2.00. The lowest BCUT2D eigenvalue weighted by molar-refractivity contribution is 0.107. The molecule has 0 aromatic heterocycles. The molecule has 0 amide bonds. The third-order valence-corrected chi connectivity index (χ3v) is 3.14. The van der Waals surface area contributed by atoms with E-state index in [1.165, 1.54) is 0 Å². The van der Waals surface area contributed by atoms with E-state index in [0.717, 1.165) is 38.1 Å². The first-order chi connectivity index (χ1) is 8.29. The van der Waals surface area contributed by atoms with Crippen LogP contribution in [0.3, 0.4) is 0 Å². The Morgan fingerprint density at radius 2 is 2.41 bits per heavy atom. The normalized spacial score (nSPS) is 18.9. The van der Waals surface area contributed by atoms with Crippen molar-refractivity contribution in [3.63, 3.8) is 0 Å². The molecule has 1 fully saturated rings. The van der Waals surface area contributed by atoms with E-state index in [9.17, 15) is 0 Å².